The van der Waals surface area contributed by atoms with Crippen LogP contribution >= 0.6 is 0 Å². The first-order valence-electron chi connectivity index (χ1n) is 9.63. The lowest BCUT2D eigenvalue weighted by Gasteiger charge is -2.27. The lowest BCUT2D eigenvalue weighted by atomic mass is 10.1. The zero-order chi connectivity index (χ0) is 20.9. The van der Waals surface area contributed by atoms with Gasteiger partial charge >= 0.3 is 0 Å². The summed E-state index contributed by atoms with van der Waals surface area (Å²) in [6.45, 7) is 2.98. The third-order valence-electron chi connectivity index (χ3n) is 4.93. The van der Waals surface area contributed by atoms with Crippen LogP contribution in [-0.4, -0.2) is 68.1 Å². The average molecular weight is 413 g/mol. The number of ether oxygens (including phenoxy) is 3. The summed E-state index contributed by atoms with van der Waals surface area (Å²) >= 11 is 0. The van der Waals surface area contributed by atoms with Crippen LogP contribution in [0.15, 0.2) is 29.0 Å². The van der Waals surface area contributed by atoms with Crippen molar-refractivity contribution >= 4 is 22.8 Å². The number of hydrogen-bond donors (Lipinski definition) is 1. The minimum Gasteiger partial charge on any atom is -0.493 e. The van der Waals surface area contributed by atoms with Gasteiger partial charge in [0.15, 0.2) is 17.2 Å². The van der Waals surface area contributed by atoms with Gasteiger partial charge < -0.3 is 29.0 Å². The van der Waals surface area contributed by atoms with E-state index in [0.717, 1.165) is 5.56 Å². The molecule has 3 heterocycles. The van der Waals surface area contributed by atoms with Crippen molar-refractivity contribution in [1.29, 1.82) is 0 Å². The van der Waals surface area contributed by atoms with Gasteiger partial charge in [0.25, 0.3) is 11.6 Å². The molecule has 0 radical (unpaired) electrons. The summed E-state index contributed by atoms with van der Waals surface area (Å²) < 4.78 is 21.2. The minimum atomic E-state index is -0.335. The molecule has 0 saturated carbocycles. The van der Waals surface area contributed by atoms with Crippen molar-refractivity contribution in [3.05, 3.63) is 35.8 Å². The van der Waals surface area contributed by atoms with E-state index in [1.165, 1.54) is 6.33 Å². The van der Waals surface area contributed by atoms with E-state index in [-0.39, 0.29) is 17.3 Å². The van der Waals surface area contributed by atoms with Gasteiger partial charge in [-0.3, -0.25) is 4.79 Å². The van der Waals surface area contributed by atoms with Gasteiger partial charge in [0, 0.05) is 19.6 Å². The smallest absolute Gasteiger partial charge is 0.274 e. The summed E-state index contributed by atoms with van der Waals surface area (Å²) in [5, 5.41) is 7.35. The van der Waals surface area contributed by atoms with Crippen LogP contribution in [0, 0.1) is 0 Å². The SMILES string of the molecule is COc1ccc(CCNC(=O)c2noc3ncnc(N4CCOCC4)c23)cc1OC. The van der Waals surface area contributed by atoms with E-state index in [4.69, 9.17) is 18.7 Å². The summed E-state index contributed by atoms with van der Waals surface area (Å²) in [4.78, 5) is 23.3. The first-order valence-corrected chi connectivity index (χ1v) is 9.63. The van der Waals surface area contributed by atoms with Gasteiger partial charge in [0.1, 0.15) is 17.5 Å². The Bertz CT molecular complexity index is 1030. The van der Waals surface area contributed by atoms with Gasteiger partial charge in [-0.2, -0.15) is 4.98 Å². The highest BCUT2D eigenvalue weighted by atomic mass is 16.5. The Balaban J connectivity index is 1.47. The molecule has 1 aliphatic rings. The Labute approximate surface area is 173 Å². The van der Waals surface area contributed by atoms with Crippen molar-refractivity contribution < 1.29 is 23.5 Å². The van der Waals surface area contributed by atoms with Crippen LogP contribution < -0.4 is 19.7 Å². The fourth-order valence-corrected chi connectivity index (χ4v) is 3.38. The highest BCUT2D eigenvalue weighted by Crippen LogP contribution is 2.28. The van der Waals surface area contributed by atoms with Crippen LogP contribution in [0.4, 0.5) is 5.82 Å². The Kier molecular flexibility index (Phi) is 5.94. The number of carbonyl (C=O) groups excluding carboxylic acids is 1. The van der Waals surface area contributed by atoms with Crippen molar-refractivity contribution in [3.8, 4) is 11.5 Å². The van der Waals surface area contributed by atoms with Crippen molar-refractivity contribution in [2.45, 2.75) is 6.42 Å². The van der Waals surface area contributed by atoms with E-state index in [0.29, 0.717) is 62.0 Å². The van der Waals surface area contributed by atoms with Gasteiger partial charge in [-0.05, 0) is 24.1 Å². The third kappa shape index (κ3) is 3.99. The normalized spacial score (nSPS) is 14.0. The van der Waals surface area contributed by atoms with Crippen LogP contribution in [0.1, 0.15) is 16.1 Å². The third-order valence-corrected chi connectivity index (χ3v) is 4.93. The summed E-state index contributed by atoms with van der Waals surface area (Å²) in [7, 11) is 3.18. The number of nitrogens with one attached hydrogen (secondary N) is 1. The molecule has 2 aromatic heterocycles. The summed E-state index contributed by atoms with van der Waals surface area (Å²) in [6.07, 6.45) is 2.03. The maximum absolute atomic E-state index is 12.8. The second-order valence-electron chi connectivity index (χ2n) is 6.70. The molecule has 158 valence electrons. The van der Waals surface area contributed by atoms with Crippen LogP contribution in [-0.2, 0) is 11.2 Å². The molecule has 1 N–H and O–H groups in total. The molecule has 0 spiro atoms. The summed E-state index contributed by atoms with van der Waals surface area (Å²) in [6, 6.07) is 5.66. The Morgan fingerprint density at radius 3 is 2.73 bits per heavy atom. The molecule has 10 nitrogen and oxygen atoms in total. The second-order valence-corrected chi connectivity index (χ2v) is 6.70. The lowest BCUT2D eigenvalue weighted by molar-refractivity contribution is 0.0946. The minimum absolute atomic E-state index is 0.180. The quantitative estimate of drug-likeness (QED) is 0.615. The fraction of sp³-hybridized carbons (Fsp3) is 0.400. The molecule has 0 bridgehead atoms. The largest absolute Gasteiger partial charge is 0.493 e. The molecule has 30 heavy (non-hydrogen) atoms. The van der Waals surface area contributed by atoms with E-state index >= 15 is 0 Å². The van der Waals surface area contributed by atoms with E-state index < -0.39 is 0 Å². The Morgan fingerprint density at radius 1 is 1.17 bits per heavy atom. The molecule has 3 aromatic rings. The van der Waals surface area contributed by atoms with Crippen molar-refractivity contribution in [1.82, 2.24) is 20.4 Å². The highest BCUT2D eigenvalue weighted by molar-refractivity contribution is 6.07. The van der Waals surface area contributed by atoms with E-state index in [9.17, 15) is 4.79 Å². The number of hydrogen-bond acceptors (Lipinski definition) is 9. The number of anilines is 1. The van der Waals surface area contributed by atoms with Crippen molar-refractivity contribution in [2.24, 2.45) is 0 Å². The number of fused-ring (bicyclic) bond motifs is 1. The van der Waals surface area contributed by atoms with E-state index in [1.54, 1.807) is 14.2 Å². The molecule has 1 aromatic carbocycles. The highest BCUT2D eigenvalue weighted by Gasteiger charge is 2.24. The molecule has 0 unspecified atom stereocenters. The molecule has 10 heteroatoms. The molecule has 1 amide bonds. The van der Waals surface area contributed by atoms with Crippen LogP contribution in [0.25, 0.3) is 11.1 Å². The van der Waals surface area contributed by atoms with Crippen LogP contribution in [0.5, 0.6) is 11.5 Å². The first-order chi connectivity index (χ1) is 14.7. The topological polar surface area (TPSA) is 112 Å². The first kappa shape index (κ1) is 19.9. The summed E-state index contributed by atoms with van der Waals surface area (Å²) in [5.74, 6) is 1.61. The predicted octanol–water partition coefficient (Wildman–Crippen LogP) is 1.44. The second kappa shape index (κ2) is 8.95. The zero-order valence-corrected chi connectivity index (χ0v) is 16.9. The zero-order valence-electron chi connectivity index (χ0n) is 16.9. The van der Waals surface area contributed by atoms with Gasteiger partial charge in [0.2, 0.25) is 0 Å². The number of carbonyl (C=O) groups is 1. The van der Waals surface area contributed by atoms with Crippen LogP contribution in [0.2, 0.25) is 0 Å². The standard InChI is InChI=1S/C20H23N5O5/c1-27-14-4-3-13(11-15(14)28-2)5-6-21-19(26)17-16-18(25-7-9-29-10-8-25)22-12-23-20(16)30-24-17/h3-4,11-12H,5-10H2,1-2H3,(H,21,26). The number of amides is 1. The number of nitrogens with zero attached hydrogens (tertiary/aromatic N) is 4. The molecule has 0 aliphatic carbocycles. The number of rotatable bonds is 7. The maximum Gasteiger partial charge on any atom is 0.274 e. The molecule has 0 atom stereocenters. The molecule has 4 rings (SSSR count). The fourth-order valence-electron chi connectivity index (χ4n) is 3.38. The Hall–Kier alpha value is -3.40. The van der Waals surface area contributed by atoms with E-state index in [2.05, 4.69) is 20.4 Å². The molecule has 1 aliphatic heterocycles. The molecular weight excluding hydrogens is 390 g/mol. The number of benzene rings is 1. The summed E-state index contributed by atoms with van der Waals surface area (Å²) in [5.41, 5.74) is 1.48. The van der Waals surface area contributed by atoms with E-state index in [1.807, 2.05) is 23.1 Å². The van der Waals surface area contributed by atoms with Crippen LogP contribution in [0.3, 0.4) is 0 Å². The number of aromatic nitrogens is 3. The monoisotopic (exact) mass is 413 g/mol. The number of morpholine rings is 1. The number of methoxy groups -OCH3 is 2. The van der Waals surface area contributed by atoms with Gasteiger partial charge in [0.05, 0.1) is 27.4 Å². The molecule has 1 fully saturated rings. The van der Waals surface area contributed by atoms with Crippen molar-refractivity contribution in [3.63, 3.8) is 0 Å². The van der Waals surface area contributed by atoms with Gasteiger partial charge in [-0.15, -0.1) is 0 Å². The van der Waals surface area contributed by atoms with Gasteiger partial charge in [-0.1, -0.05) is 11.2 Å². The predicted molar refractivity (Wildman–Crippen MR) is 108 cm³/mol. The van der Waals surface area contributed by atoms with Crippen molar-refractivity contribution in [2.75, 3.05) is 52.0 Å². The molecule has 1 saturated heterocycles. The average Bonchev–Trinajstić information content (AvgIpc) is 3.24. The van der Waals surface area contributed by atoms with Gasteiger partial charge in [-0.25, -0.2) is 4.98 Å². The lowest BCUT2D eigenvalue weighted by Crippen LogP contribution is -2.37. The molecular formula is C20H23N5O5. The maximum atomic E-state index is 12.8. The Morgan fingerprint density at radius 2 is 1.97 bits per heavy atom.